The number of aromatic nitrogens is 1. The largest absolute Gasteiger partial charge is 0.504 e. The summed E-state index contributed by atoms with van der Waals surface area (Å²) in [5.41, 5.74) is 1.83. The van der Waals surface area contributed by atoms with Crippen molar-refractivity contribution in [2.45, 2.75) is 13.8 Å². The monoisotopic (exact) mass is 263 g/mol. The van der Waals surface area contributed by atoms with Crippen LogP contribution in [-0.4, -0.2) is 28.4 Å². The van der Waals surface area contributed by atoms with Gasteiger partial charge in [0.05, 0.1) is 12.7 Å². The molecule has 6 heteroatoms. The molecule has 0 amide bonds. The standard InChI is InChI=1S/C13H13NO5/c1-6-4-10(18-3)12(15)11(7(6)2)9-5-8(13(16)17)14-19-9/h4-5,15H,1-3H3,(H,16,17). The van der Waals surface area contributed by atoms with Crippen LogP contribution in [0.4, 0.5) is 0 Å². The Morgan fingerprint density at radius 1 is 1.37 bits per heavy atom. The van der Waals surface area contributed by atoms with Crippen molar-refractivity contribution in [1.29, 1.82) is 0 Å². The van der Waals surface area contributed by atoms with Crippen LogP contribution in [0.25, 0.3) is 11.3 Å². The first-order valence-corrected chi connectivity index (χ1v) is 5.53. The Morgan fingerprint density at radius 3 is 2.58 bits per heavy atom. The molecule has 1 aromatic carbocycles. The van der Waals surface area contributed by atoms with E-state index in [2.05, 4.69) is 5.16 Å². The molecule has 1 heterocycles. The molecule has 0 aliphatic heterocycles. The normalized spacial score (nSPS) is 10.5. The van der Waals surface area contributed by atoms with E-state index in [0.717, 1.165) is 11.1 Å². The summed E-state index contributed by atoms with van der Waals surface area (Å²) >= 11 is 0. The van der Waals surface area contributed by atoms with Crippen molar-refractivity contribution >= 4 is 5.97 Å². The molecule has 0 aliphatic carbocycles. The molecule has 0 fully saturated rings. The highest BCUT2D eigenvalue weighted by Crippen LogP contribution is 2.41. The zero-order chi connectivity index (χ0) is 14.2. The highest BCUT2D eigenvalue weighted by Gasteiger charge is 2.20. The smallest absolute Gasteiger partial charge is 0.358 e. The summed E-state index contributed by atoms with van der Waals surface area (Å²) in [6, 6.07) is 2.96. The summed E-state index contributed by atoms with van der Waals surface area (Å²) < 4.78 is 10.1. The lowest BCUT2D eigenvalue weighted by molar-refractivity contribution is 0.0686. The van der Waals surface area contributed by atoms with Crippen molar-refractivity contribution < 1.29 is 24.3 Å². The number of benzene rings is 1. The van der Waals surface area contributed by atoms with Crippen molar-refractivity contribution in [2.75, 3.05) is 7.11 Å². The summed E-state index contributed by atoms with van der Waals surface area (Å²) in [6.07, 6.45) is 0. The van der Waals surface area contributed by atoms with E-state index < -0.39 is 5.97 Å². The maximum absolute atomic E-state index is 10.8. The molecule has 0 unspecified atom stereocenters. The van der Waals surface area contributed by atoms with Crippen LogP contribution in [0.3, 0.4) is 0 Å². The van der Waals surface area contributed by atoms with E-state index in [9.17, 15) is 9.90 Å². The second-order valence-electron chi connectivity index (χ2n) is 4.13. The van der Waals surface area contributed by atoms with Gasteiger partial charge in [-0.25, -0.2) is 4.79 Å². The van der Waals surface area contributed by atoms with Crippen molar-refractivity contribution in [3.63, 3.8) is 0 Å². The van der Waals surface area contributed by atoms with Crippen molar-refractivity contribution in [2.24, 2.45) is 0 Å². The van der Waals surface area contributed by atoms with Gasteiger partial charge in [0, 0.05) is 6.07 Å². The average molecular weight is 263 g/mol. The molecule has 0 radical (unpaired) electrons. The molecule has 0 saturated heterocycles. The van der Waals surface area contributed by atoms with E-state index in [1.54, 1.807) is 13.0 Å². The number of aromatic hydroxyl groups is 1. The molecular formula is C13H13NO5. The van der Waals surface area contributed by atoms with Crippen LogP contribution in [-0.2, 0) is 0 Å². The summed E-state index contributed by atoms with van der Waals surface area (Å²) in [7, 11) is 1.44. The van der Waals surface area contributed by atoms with Gasteiger partial charge in [0.2, 0.25) is 0 Å². The van der Waals surface area contributed by atoms with Gasteiger partial charge >= 0.3 is 5.97 Å². The summed E-state index contributed by atoms with van der Waals surface area (Å²) in [6.45, 7) is 3.65. The van der Waals surface area contributed by atoms with Crippen molar-refractivity contribution in [3.05, 3.63) is 29.0 Å². The number of nitrogens with zero attached hydrogens (tertiary/aromatic N) is 1. The van der Waals surface area contributed by atoms with Gasteiger partial charge in [-0.1, -0.05) is 5.16 Å². The maximum atomic E-state index is 10.8. The fraction of sp³-hybridized carbons (Fsp3) is 0.231. The molecule has 0 aliphatic rings. The molecule has 2 aromatic rings. The fourth-order valence-corrected chi connectivity index (χ4v) is 1.82. The van der Waals surface area contributed by atoms with E-state index >= 15 is 0 Å². The molecule has 1 aromatic heterocycles. The van der Waals surface area contributed by atoms with Crippen LogP contribution in [0.5, 0.6) is 11.5 Å². The first-order chi connectivity index (χ1) is 8.95. The number of carboxylic acids is 1. The highest BCUT2D eigenvalue weighted by molar-refractivity contribution is 5.87. The zero-order valence-corrected chi connectivity index (χ0v) is 10.7. The van der Waals surface area contributed by atoms with E-state index in [4.69, 9.17) is 14.4 Å². The average Bonchev–Trinajstić information content (AvgIpc) is 2.83. The number of ether oxygens (including phenoxy) is 1. The number of phenolic OH excluding ortho intramolecular Hbond substituents is 1. The summed E-state index contributed by atoms with van der Waals surface area (Å²) in [5, 5.41) is 22.4. The number of rotatable bonds is 3. The molecule has 0 atom stereocenters. The third-order valence-electron chi connectivity index (χ3n) is 2.98. The van der Waals surface area contributed by atoms with Gasteiger partial charge in [0.15, 0.2) is 23.0 Å². The van der Waals surface area contributed by atoms with Crippen LogP contribution >= 0.6 is 0 Å². The van der Waals surface area contributed by atoms with E-state index in [1.807, 2.05) is 6.92 Å². The number of phenols is 1. The number of carbonyl (C=O) groups is 1. The molecule has 19 heavy (non-hydrogen) atoms. The predicted molar refractivity (Wildman–Crippen MR) is 66.6 cm³/mol. The Bertz CT molecular complexity index is 645. The minimum atomic E-state index is -1.19. The Labute approximate surface area is 109 Å². The number of carboxylic acid groups (broad SMARTS) is 1. The highest BCUT2D eigenvalue weighted by atomic mass is 16.5. The third kappa shape index (κ3) is 2.12. The van der Waals surface area contributed by atoms with Gasteiger partial charge in [-0.15, -0.1) is 0 Å². The number of methoxy groups -OCH3 is 1. The van der Waals surface area contributed by atoms with Crippen LogP contribution in [0.2, 0.25) is 0 Å². The summed E-state index contributed by atoms with van der Waals surface area (Å²) in [5.74, 6) is -0.800. The lowest BCUT2D eigenvalue weighted by Crippen LogP contribution is -1.95. The first-order valence-electron chi connectivity index (χ1n) is 5.53. The quantitative estimate of drug-likeness (QED) is 0.883. The molecule has 0 bridgehead atoms. The Morgan fingerprint density at radius 2 is 2.05 bits per heavy atom. The topological polar surface area (TPSA) is 92.8 Å². The molecule has 100 valence electrons. The molecule has 2 N–H and O–H groups in total. The van der Waals surface area contributed by atoms with Crippen LogP contribution in [0.1, 0.15) is 21.6 Å². The zero-order valence-electron chi connectivity index (χ0n) is 10.7. The number of hydrogen-bond acceptors (Lipinski definition) is 5. The van der Waals surface area contributed by atoms with Crippen LogP contribution < -0.4 is 4.74 Å². The van der Waals surface area contributed by atoms with Crippen molar-refractivity contribution in [1.82, 2.24) is 5.16 Å². The molecule has 6 nitrogen and oxygen atoms in total. The van der Waals surface area contributed by atoms with Crippen LogP contribution in [0.15, 0.2) is 16.7 Å². The minimum Gasteiger partial charge on any atom is -0.504 e. The lowest BCUT2D eigenvalue weighted by Gasteiger charge is -2.12. The predicted octanol–water partition coefficient (Wildman–Crippen LogP) is 2.37. The number of aryl methyl sites for hydroxylation is 1. The molecular weight excluding hydrogens is 250 g/mol. The van der Waals surface area contributed by atoms with Crippen LogP contribution in [0, 0.1) is 13.8 Å². The van der Waals surface area contributed by atoms with E-state index in [1.165, 1.54) is 13.2 Å². The van der Waals surface area contributed by atoms with Gasteiger partial charge in [0.25, 0.3) is 0 Å². The Hall–Kier alpha value is -2.50. The van der Waals surface area contributed by atoms with Gasteiger partial charge in [-0.05, 0) is 31.0 Å². The van der Waals surface area contributed by atoms with Gasteiger partial charge in [-0.3, -0.25) is 0 Å². The second-order valence-corrected chi connectivity index (χ2v) is 4.13. The number of aromatic carboxylic acids is 1. The van der Waals surface area contributed by atoms with Gasteiger partial charge < -0.3 is 19.5 Å². The first kappa shape index (κ1) is 12.9. The maximum Gasteiger partial charge on any atom is 0.358 e. The molecule has 0 saturated carbocycles. The number of hydrogen-bond donors (Lipinski definition) is 2. The Balaban J connectivity index is 2.66. The summed E-state index contributed by atoms with van der Waals surface area (Å²) in [4.78, 5) is 10.8. The van der Waals surface area contributed by atoms with Gasteiger partial charge in [-0.2, -0.15) is 0 Å². The van der Waals surface area contributed by atoms with Crippen molar-refractivity contribution in [3.8, 4) is 22.8 Å². The lowest BCUT2D eigenvalue weighted by atomic mass is 9.99. The molecule has 2 rings (SSSR count). The Kier molecular flexibility index (Phi) is 3.16. The third-order valence-corrected chi connectivity index (χ3v) is 2.98. The minimum absolute atomic E-state index is 0.0984. The molecule has 0 spiro atoms. The SMILES string of the molecule is COc1cc(C)c(C)c(-c2cc(C(=O)O)no2)c1O. The second kappa shape index (κ2) is 4.64. The van der Waals surface area contributed by atoms with E-state index in [-0.39, 0.29) is 17.2 Å². The fourth-order valence-electron chi connectivity index (χ4n) is 1.82. The van der Waals surface area contributed by atoms with E-state index in [0.29, 0.717) is 11.3 Å². The van der Waals surface area contributed by atoms with Gasteiger partial charge in [0.1, 0.15) is 0 Å².